The van der Waals surface area contributed by atoms with Crippen molar-refractivity contribution in [1.29, 1.82) is 5.26 Å². The predicted molar refractivity (Wildman–Crippen MR) is 63.5 cm³/mol. The normalized spacial score (nSPS) is 11.6. The van der Waals surface area contributed by atoms with E-state index in [1.54, 1.807) is 30.3 Å². The number of nitrogens with zero attached hydrogens (tertiary/aromatic N) is 1. The molecule has 0 amide bonds. The number of aliphatic hydroxyl groups excluding tert-OH is 1. The number of nitriles is 1. The van der Waals surface area contributed by atoms with E-state index in [0.29, 0.717) is 17.1 Å². The quantitative estimate of drug-likeness (QED) is 0.842. The molecule has 0 aliphatic rings. The first-order valence-electron chi connectivity index (χ1n) is 5.30. The molecule has 0 aliphatic carbocycles. The van der Waals surface area contributed by atoms with Crippen LogP contribution in [0.2, 0.25) is 0 Å². The van der Waals surface area contributed by atoms with E-state index in [0.717, 1.165) is 0 Å². The first-order valence-corrected chi connectivity index (χ1v) is 5.30. The highest BCUT2D eigenvalue weighted by molar-refractivity contribution is 5.35. The Balaban J connectivity index is 2.19. The van der Waals surface area contributed by atoms with Crippen molar-refractivity contribution in [3.8, 4) is 17.6 Å². The lowest BCUT2D eigenvalue weighted by Crippen LogP contribution is -1.93. The van der Waals surface area contributed by atoms with Crippen LogP contribution in [-0.4, -0.2) is 5.11 Å². The Morgan fingerprint density at radius 1 is 1.11 bits per heavy atom. The topological polar surface area (TPSA) is 53.2 Å². The Labute approximate surface area is 104 Å². The minimum Gasteiger partial charge on any atom is -0.457 e. The molecule has 0 aromatic heterocycles. The summed E-state index contributed by atoms with van der Waals surface area (Å²) in [5, 5.41) is 18.0. The van der Waals surface area contributed by atoms with Gasteiger partial charge in [0.15, 0.2) is 6.10 Å². The average Bonchev–Trinajstić information content (AvgIpc) is 2.41. The number of aliphatic hydroxyl groups is 1. The molecule has 2 rings (SSSR count). The summed E-state index contributed by atoms with van der Waals surface area (Å²) in [5.41, 5.74) is 0.456. The Kier molecular flexibility index (Phi) is 3.56. The molecule has 0 aliphatic heterocycles. The summed E-state index contributed by atoms with van der Waals surface area (Å²) in [7, 11) is 0. The molecule has 1 N–H and O–H groups in total. The zero-order valence-corrected chi connectivity index (χ0v) is 9.38. The molecule has 1 unspecified atom stereocenters. The fourth-order valence-electron chi connectivity index (χ4n) is 1.46. The zero-order valence-electron chi connectivity index (χ0n) is 9.38. The maximum absolute atomic E-state index is 12.7. The number of hydrogen-bond donors (Lipinski definition) is 1. The number of rotatable bonds is 3. The Hall–Kier alpha value is -2.38. The Morgan fingerprint density at radius 3 is 2.50 bits per heavy atom. The molecule has 0 fully saturated rings. The molecule has 4 heteroatoms. The van der Waals surface area contributed by atoms with Gasteiger partial charge < -0.3 is 9.84 Å². The molecule has 3 nitrogen and oxygen atoms in total. The van der Waals surface area contributed by atoms with Crippen LogP contribution in [0.3, 0.4) is 0 Å². The van der Waals surface area contributed by atoms with E-state index in [-0.39, 0.29) is 5.82 Å². The van der Waals surface area contributed by atoms with Crippen molar-refractivity contribution in [2.75, 3.05) is 0 Å². The molecule has 0 heterocycles. The summed E-state index contributed by atoms with van der Waals surface area (Å²) < 4.78 is 18.2. The van der Waals surface area contributed by atoms with Gasteiger partial charge in [0, 0.05) is 0 Å². The largest absolute Gasteiger partial charge is 0.457 e. The van der Waals surface area contributed by atoms with E-state index >= 15 is 0 Å². The van der Waals surface area contributed by atoms with Crippen LogP contribution in [0.4, 0.5) is 4.39 Å². The number of ether oxygens (including phenoxy) is 1. The molecule has 0 saturated carbocycles. The highest BCUT2D eigenvalue weighted by Crippen LogP contribution is 2.24. The van der Waals surface area contributed by atoms with Gasteiger partial charge in [0.25, 0.3) is 0 Å². The van der Waals surface area contributed by atoms with Crippen LogP contribution in [0.15, 0.2) is 48.5 Å². The van der Waals surface area contributed by atoms with Gasteiger partial charge in [-0.05, 0) is 42.0 Å². The summed E-state index contributed by atoms with van der Waals surface area (Å²) in [6.45, 7) is 0. The van der Waals surface area contributed by atoms with E-state index in [9.17, 15) is 9.50 Å². The van der Waals surface area contributed by atoms with E-state index in [1.165, 1.54) is 24.3 Å². The lowest BCUT2D eigenvalue weighted by Gasteiger charge is -2.08. The van der Waals surface area contributed by atoms with Crippen molar-refractivity contribution in [3.63, 3.8) is 0 Å². The first-order chi connectivity index (χ1) is 8.69. The minimum absolute atomic E-state index is 0.337. The third kappa shape index (κ3) is 2.84. The van der Waals surface area contributed by atoms with Gasteiger partial charge in [0.1, 0.15) is 17.3 Å². The first kappa shape index (κ1) is 12.1. The minimum atomic E-state index is -1.18. The fourth-order valence-corrected chi connectivity index (χ4v) is 1.46. The third-order valence-electron chi connectivity index (χ3n) is 2.35. The van der Waals surface area contributed by atoms with Crippen molar-refractivity contribution < 1.29 is 14.2 Å². The maximum atomic E-state index is 12.7. The molecule has 0 saturated heterocycles. The number of hydrogen-bond acceptors (Lipinski definition) is 3. The van der Waals surface area contributed by atoms with Gasteiger partial charge >= 0.3 is 0 Å². The lowest BCUT2D eigenvalue weighted by atomic mass is 10.1. The summed E-state index contributed by atoms with van der Waals surface area (Å²) in [6.07, 6.45) is -1.18. The van der Waals surface area contributed by atoms with Crippen LogP contribution in [0.25, 0.3) is 0 Å². The lowest BCUT2D eigenvalue weighted by molar-refractivity contribution is 0.235. The fraction of sp³-hybridized carbons (Fsp3) is 0.0714. The summed E-state index contributed by atoms with van der Waals surface area (Å²) in [5.74, 6) is 0.629. The second-order valence-corrected chi connectivity index (χ2v) is 3.66. The van der Waals surface area contributed by atoms with E-state index < -0.39 is 6.10 Å². The molecule has 2 aromatic rings. The van der Waals surface area contributed by atoms with Crippen LogP contribution >= 0.6 is 0 Å². The molecular weight excluding hydrogens is 233 g/mol. The number of halogens is 1. The molecule has 0 bridgehead atoms. The molecular formula is C14H10FNO2. The molecule has 90 valence electrons. The smallest absolute Gasteiger partial charge is 0.166 e. The van der Waals surface area contributed by atoms with Crippen molar-refractivity contribution in [2.24, 2.45) is 0 Å². The van der Waals surface area contributed by atoms with Gasteiger partial charge in [-0.1, -0.05) is 12.1 Å². The molecule has 18 heavy (non-hydrogen) atoms. The van der Waals surface area contributed by atoms with Crippen molar-refractivity contribution in [2.45, 2.75) is 6.10 Å². The van der Waals surface area contributed by atoms with Crippen molar-refractivity contribution >= 4 is 0 Å². The standard InChI is InChI=1S/C14H10FNO2/c15-11-4-6-12(7-5-11)18-13-3-1-2-10(8-13)14(17)9-16/h1-8,14,17H. The molecule has 0 radical (unpaired) electrons. The second kappa shape index (κ2) is 5.30. The van der Waals surface area contributed by atoms with E-state index in [1.807, 2.05) is 0 Å². The van der Waals surface area contributed by atoms with E-state index in [2.05, 4.69) is 0 Å². The van der Waals surface area contributed by atoms with Crippen LogP contribution in [-0.2, 0) is 0 Å². The van der Waals surface area contributed by atoms with E-state index in [4.69, 9.17) is 10.00 Å². The second-order valence-electron chi connectivity index (χ2n) is 3.66. The van der Waals surface area contributed by atoms with Gasteiger partial charge in [-0.15, -0.1) is 0 Å². The molecule has 0 spiro atoms. The summed E-state index contributed by atoms with van der Waals surface area (Å²) in [4.78, 5) is 0. The molecule has 1 atom stereocenters. The van der Waals surface area contributed by atoms with Crippen LogP contribution in [0.1, 0.15) is 11.7 Å². The van der Waals surface area contributed by atoms with Crippen LogP contribution in [0, 0.1) is 17.1 Å². The molecule has 2 aromatic carbocycles. The Bertz CT molecular complexity index is 575. The van der Waals surface area contributed by atoms with Gasteiger partial charge in [0.2, 0.25) is 0 Å². The van der Waals surface area contributed by atoms with Crippen molar-refractivity contribution in [1.82, 2.24) is 0 Å². The van der Waals surface area contributed by atoms with Crippen LogP contribution < -0.4 is 4.74 Å². The highest BCUT2D eigenvalue weighted by atomic mass is 19.1. The van der Waals surface area contributed by atoms with Gasteiger partial charge in [-0.25, -0.2) is 4.39 Å². The van der Waals surface area contributed by atoms with Gasteiger partial charge in [-0.2, -0.15) is 5.26 Å². The zero-order chi connectivity index (χ0) is 13.0. The monoisotopic (exact) mass is 243 g/mol. The third-order valence-corrected chi connectivity index (χ3v) is 2.35. The van der Waals surface area contributed by atoms with Crippen molar-refractivity contribution in [3.05, 3.63) is 59.9 Å². The average molecular weight is 243 g/mol. The maximum Gasteiger partial charge on any atom is 0.166 e. The predicted octanol–water partition coefficient (Wildman–Crippen LogP) is 3.17. The Morgan fingerprint density at radius 2 is 1.83 bits per heavy atom. The SMILES string of the molecule is N#CC(O)c1cccc(Oc2ccc(F)cc2)c1. The van der Waals surface area contributed by atoms with Gasteiger partial charge in [-0.3, -0.25) is 0 Å². The van der Waals surface area contributed by atoms with Crippen LogP contribution in [0.5, 0.6) is 11.5 Å². The van der Waals surface area contributed by atoms with Gasteiger partial charge in [0.05, 0.1) is 6.07 Å². The number of benzene rings is 2. The summed E-state index contributed by atoms with van der Waals surface area (Å²) >= 11 is 0. The highest BCUT2D eigenvalue weighted by Gasteiger charge is 2.06. The summed E-state index contributed by atoms with van der Waals surface area (Å²) in [6, 6.07) is 13.9.